The van der Waals surface area contributed by atoms with Crippen LogP contribution in [0.2, 0.25) is 0 Å². The summed E-state index contributed by atoms with van der Waals surface area (Å²) >= 11 is 0. The molecule has 3 aromatic rings. The lowest BCUT2D eigenvalue weighted by atomic mass is 9.98. The minimum atomic E-state index is -0.839. The molecule has 2 heterocycles. The Balaban J connectivity index is 2.07. The molecule has 1 aromatic carbocycles. The first-order valence-electron chi connectivity index (χ1n) is 8.60. The third kappa shape index (κ3) is 4.15. The van der Waals surface area contributed by atoms with E-state index in [9.17, 15) is 14.7 Å². The van der Waals surface area contributed by atoms with Gasteiger partial charge in [-0.1, -0.05) is 30.3 Å². The zero-order chi connectivity index (χ0) is 20.1. The summed E-state index contributed by atoms with van der Waals surface area (Å²) in [7, 11) is 2.71. The molecule has 2 aromatic heterocycles. The van der Waals surface area contributed by atoms with E-state index in [1.54, 1.807) is 12.1 Å². The van der Waals surface area contributed by atoms with Gasteiger partial charge in [0, 0.05) is 18.7 Å². The smallest absolute Gasteiger partial charge is 0.306 e. The molecule has 7 heteroatoms. The van der Waals surface area contributed by atoms with E-state index in [0.717, 1.165) is 11.6 Å². The summed E-state index contributed by atoms with van der Waals surface area (Å²) in [6.45, 7) is 0.0425. The normalized spacial score (nSPS) is 11.9. The van der Waals surface area contributed by atoms with Crippen LogP contribution in [0.15, 0.2) is 62.2 Å². The zero-order valence-corrected chi connectivity index (χ0v) is 15.5. The van der Waals surface area contributed by atoms with E-state index >= 15 is 0 Å². The summed E-state index contributed by atoms with van der Waals surface area (Å²) in [6, 6.07) is 14.0. The van der Waals surface area contributed by atoms with Crippen molar-refractivity contribution in [2.45, 2.75) is 18.9 Å². The SMILES string of the molecule is COCc1cc(=O)c(O)c(C(CC(=O)OC)c2ccc(-c3ccccc3)o2)o1. The van der Waals surface area contributed by atoms with Crippen LogP contribution < -0.4 is 5.43 Å². The molecule has 146 valence electrons. The van der Waals surface area contributed by atoms with Crippen LogP contribution in [0.5, 0.6) is 5.75 Å². The van der Waals surface area contributed by atoms with Crippen molar-refractivity contribution in [1.82, 2.24) is 0 Å². The number of aromatic hydroxyl groups is 1. The Morgan fingerprint density at radius 3 is 2.54 bits per heavy atom. The van der Waals surface area contributed by atoms with Gasteiger partial charge in [0.15, 0.2) is 5.76 Å². The molecule has 1 atom stereocenters. The van der Waals surface area contributed by atoms with Gasteiger partial charge < -0.3 is 23.4 Å². The van der Waals surface area contributed by atoms with Crippen molar-refractivity contribution < 1.29 is 28.2 Å². The number of carbonyl (C=O) groups is 1. The van der Waals surface area contributed by atoms with Crippen molar-refractivity contribution in [1.29, 1.82) is 0 Å². The Labute approximate surface area is 161 Å². The van der Waals surface area contributed by atoms with Gasteiger partial charge in [0.25, 0.3) is 0 Å². The van der Waals surface area contributed by atoms with Gasteiger partial charge in [0.2, 0.25) is 11.2 Å². The average Bonchev–Trinajstić information content (AvgIpc) is 3.19. The van der Waals surface area contributed by atoms with Crippen LogP contribution in [0.25, 0.3) is 11.3 Å². The highest BCUT2D eigenvalue weighted by Crippen LogP contribution is 2.36. The van der Waals surface area contributed by atoms with Gasteiger partial charge in [-0.3, -0.25) is 9.59 Å². The lowest BCUT2D eigenvalue weighted by Gasteiger charge is -2.15. The minimum Gasteiger partial charge on any atom is -0.502 e. The molecule has 0 aliphatic rings. The monoisotopic (exact) mass is 384 g/mol. The summed E-state index contributed by atoms with van der Waals surface area (Å²) in [4.78, 5) is 24.1. The summed E-state index contributed by atoms with van der Waals surface area (Å²) in [5.74, 6) is -0.857. The summed E-state index contributed by atoms with van der Waals surface area (Å²) in [5.41, 5.74) is 0.224. The van der Waals surface area contributed by atoms with Crippen molar-refractivity contribution in [3.8, 4) is 17.1 Å². The van der Waals surface area contributed by atoms with Crippen molar-refractivity contribution in [2.75, 3.05) is 14.2 Å². The van der Waals surface area contributed by atoms with Crippen LogP contribution in [0, 0.1) is 0 Å². The molecule has 0 spiro atoms. The number of ether oxygens (including phenoxy) is 2. The molecule has 0 aliphatic carbocycles. The van der Waals surface area contributed by atoms with Gasteiger partial charge in [-0.15, -0.1) is 0 Å². The predicted octanol–water partition coefficient (Wildman–Crippen LogP) is 3.45. The van der Waals surface area contributed by atoms with Crippen molar-refractivity contribution in [3.63, 3.8) is 0 Å². The molecular weight excluding hydrogens is 364 g/mol. The Bertz CT molecular complexity index is 1000. The fraction of sp³-hybridized carbons (Fsp3) is 0.238. The number of methoxy groups -OCH3 is 2. The van der Waals surface area contributed by atoms with E-state index in [4.69, 9.17) is 18.3 Å². The highest BCUT2D eigenvalue weighted by molar-refractivity contribution is 5.71. The number of furan rings is 1. The standard InChI is InChI=1S/C21H20O7/c1-25-12-14-10-16(22)20(24)21(27-14)15(11-19(23)26-2)18-9-8-17(28-18)13-6-4-3-5-7-13/h3-10,15,24H,11-12H2,1-2H3. The second-order valence-electron chi connectivity index (χ2n) is 6.12. The van der Waals surface area contributed by atoms with Gasteiger partial charge in [-0.05, 0) is 12.1 Å². The number of rotatable bonds is 7. The third-order valence-electron chi connectivity index (χ3n) is 4.23. The fourth-order valence-electron chi connectivity index (χ4n) is 2.87. The van der Waals surface area contributed by atoms with E-state index in [-0.39, 0.29) is 24.5 Å². The lowest BCUT2D eigenvalue weighted by molar-refractivity contribution is -0.141. The number of benzene rings is 1. The van der Waals surface area contributed by atoms with Crippen molar-refractivity contribution in [3.05, 3.63) is 76.0 Å². The first-order valence-corrected chi connectivity index (χ1v) is 8.60. The Morgan fingerprint density at radius 2 is 1.86 bits per heavy atom. The first-order chi connectivity index (χ1) is 13.5. The highest BCUT2D eigenvalue weighted by atomic mass is 16.5. The van der Waals surface area contributed by atoms with E-state index in [1.807, 2.05) is 30.3 Å². The van der Waals surface area contributed by atoms with Gasteiger partial charge in [-0.2, -0.15) is 0 Å². The zero-order valence-electron chi connectivity index (χ0n) is 15.5. The van der Waals surface area contributed by atoms with Crippen LogP contribution in [0.4, 0.5) is 0 Å². The van der Waals surface area contributed by atoms with E-state index in [0.29, 0.717) is 11.5 Å². The Kier molecular flexibility index (Phi) is 5.96. The average molecular weight is 384 g/mol. The van der Waals surface area contributed by atoms with Crippen LogP contribution >= 0.6 is 0 Å². The third-order valence-corrected chi connectivity index (χ3v) is 4.23. The quantitative estimate of drug-likeness (QED) is 0.623. The molecular formula is C21H20O7. The molecule has 0 saturated carbocycles. The maximum atomic E-state index is 12.1. The molecule has 0 amide bonds. The van der Waals surface area contributed by atoms with Crippen LogP contribution in [-0.2, 0) is 20.9 Å². The van der Waals surface area contributed by atoms with Gasteiger partial charge in [-0.25, -0.2) is 0 Å². The van der Waals surface area contributed by atoms with Crippen LogP contribution in [-0.4, -0.2) is 25.3 Å². The molecule has 0 saturated heterocycles. The van der Waals surface area contributed by atoms with Crippen LogP contribution in [0.3, 0.4) is 0 Å². The van der Waals surface area contributed by atoms with Gasteiger partial charge >= 0.3 is 5.97 Å². The molecule has 0 radical (unpaired) electrons. The largest absolute Gasteiger partial charge is 0.502 e. The topological polar surface area (TPSA) is 99.1 Å². The molecule has 0 bridgehead atoms. The van der Waals surface area contributed by atoms with E-state index in [1.165, 1.54) is 14.2 Å². The molecule has 1 N–H and O–H groups in total. The number of carbonyl (C=O) groups excluding carboxylic acids is 1. The van der Waals surface area contributed by atoms with Gasteiger partial charge in [0.1, 0.15) is 23.9 Å². The Hall–Kier alpha value is -3.32. The van der Waals surface area contributed by atoms with E-state index in [2.05, 4.69) is 0 Å². The Morgan fingerprint density at radius 1 is 1.11 bits per heavy atom. The fourth-order valence-corrected chi connectivity index (χ4v) is 2.87. The van der Waals surface area contributed by atoms with Crippen molar-refractivity contribution >= 4 is 5.97 Å². The second kappa shape index (κ2) is 8.58. The summed E-state index contributed by atoms with van der Waals surface area (Å²) in [5, 5.41) is 10.3. The van der Waals surface area contributed by atoms with Gasteiger partial charge in [0.05, 0.1) is 19.4 Å². The van der Waals surface area contributed by atoms with E-state index < -0.39 is 23.1 Å². The highest BCUT2D eigenvalue weighted by Gasteiger charge is 2.29. The number of hydrogen-bond donors (Lipinski definition) is 1. The first kappa shape index (κ1) is 19.4. The summed E-state index contributed by atoms with van der Waals surface area (Å²) < 4.78 is 21.3. The molecule has 0 aliphatic heterocycles. The number of esters is 1. The van der Waals surface area contributed by atoms with Crippen LogP contribution in [0.1, 0.15) is 29.6 Å². The lowest BCUT2D eigenvalue weighted by Crippen LogP contribution is -2.13. The minimum absolute atomic E-state index is 0.0425. The maximum absolute atomic E-state index is 12.1. The number of hydrogen-bond acceptors (Lipinski definition) is 7. The van der Waals surface area contributed by atoms with Crippen molar-refractivity contribution in [2.24, 2.45) is 0 Å². The summed E-state index contributed by atoms with van der Waals surface area (Å²) in [6.07, 6.45) is -0.175. The molecule has 7 nitrogen and oxygen atoms in total. The second-order valence-corrected chi connectivity index (χ2v) is 6.12. The maximum Gasteiger partial charge on any atom is 0.306 e. The predicted molar refractivity (Wildman–Crippen MR) is 100.0 cm³/mol. The molecule has 1 unspecified atom stereocenters. The molecule has 3 rings (SSSR count). The molecule has 28 heavy (non-hydrogen) atoms. The molecule has 0 fully saturated rings.